The molecule has 0 bridgehead atoms. The molecule has 2 aromatic heterocycles. The average molecular weight is 504 g/mol. The molecular formula is C27H29N5O5. The van der Waals surface area contributed by atoms with Gasteiger partial charge in [0.15, 0.2) is 23.2 Å². The Kier molecular flexibility index (Phi) is 6.47. The van der Waals surface area contributed by atoms with E-state index in [1.165, 1.54) is 23.8 Å². The molecule has 2 aromatic carbocycles. The van der Waals surface area contributed by atoms with E-state index in [1.54, 1.807) is 4.57 Å². The van der Waals surface area contributed by atoms with Crippen molar-refractivity contribution >= 4 is 17.0 Å². The van der Waals surface area contributed by atoms with Gasteiger partial charge < -0.3 is 30.1 Å². The lowest BCUT2D eigenvalue weighted by Crippen LogP contribution is -2.33. The number of hydrogen-bond acceptors (Lipinski definition) is 9. The number of nitrogens with one attached hydrogen (secondary N) is 1. The Morgan fingerprint density at radius 2 is 1.92 bits per heavy atom. The highest BCUT2D eigenvalue weighted by Crippen LogP contribution is 2.37. The lowest BCUT2D eigenvalue weighted by atomic mass is 9.87. The number of aryl methyl sites for hydroxylation is 1. The second-order valence-electron chi connectivity index (χ2n) is 9.50. The van der Waals surface area contributed by atoms with Crippen molar-refractivity contribution in [3.05, 3.63) is 77.9 Å². The summed E-state index contributed by atoms with van der Waals surface area (Å²) in [5, 5.41) is 33.6. The summed E-state index contributed by atoms with van der Waals surface area (Å²) < 4.78 is 13.3. The maximum absolute atomic E-state index is 10.5. The van der Waals surface area contributed by atoms with Crippen LogP contribution in [0.4, 0.5) is 5.82 Å². The Morgan fingerprint density at radius 1 is 1.05 bits per heavy atom. The molecular weight excluding hydrogens is 474 g/mol. The molecule has 0 spiro atoms. The highest BCUT2D eigenvalue weighted by Gasteiger charge is 2.44. The van der Waals surface area contributed by atoms with E-state index >= 15 is 0 Å². The Bertz CT molecular complexity index is 1380. The molecule has 3 heterocycles. The molecule has 4 N–H and O–H groups in total. The van der Waals surface area contributed by atoms with Gasteiger partial charge in [0, 0.05) is 0 Å². The Labute approximate surface area is 213 Å². The molecule has 4 aromatic rings. The number of aliphatic hydroxyl groups is 3. The van der Waals surface area contributed by atoms with E-state index in [2.05, 4.69) is 32.4 Å². The van der Waals surface area contributed by atoms with Crippen LogP contribution in [0.2, 0.25) is 0 Å². The van der Waals surface area contributed by atoms with Crippen LogP contribution >= 0.6 is 0 Å². The van der Waals surface area contributed by atoms with Gasteiger partial charge >= 0.3 is 0 Å². The fraction of sp³-hybridized carbons (Fsp3) is 0.370. The summed E-state index contributed by atoms with van der Waals surface area (Å²) in [4.78, 5) is 13.3. The molecule has 6 rings (SSSR count). The largest absolute Gasteiger partial charge is 0.489 e. The van der Waals surface area contributed by atoms with Crippen LogP contribution in [-0.2, 0) is 17.8 Å². The summed E-state index contributed by atoms with van der Waals surface area (Å²) in [5.74, 6) is 1.39. The fourth-order valence-electron chi connectivity index (χ4n) is 5.18. The third kappa shape index (κ3) is 4.53. The minimum Gasteiger partial charge on any atom is -0.489 e. The average Bonchev–Trinajstić information content (AvgIpc) is 3.49. The van der Waals surface area contributed by atoms with E-state index in [0.717, 1.165) is 30.6 Å². The maximum Gasteiger partial charge on any atom is 0.167 e. The minimum absolute atomic E-state index is 0.0150. The van der Waals surface area contributed by atoms with Crippen LogP contribution < -0.4 is 10.1 Å². The molecule has 5 atom stereocenters. The van der Waals surface area contributed by atoms with Crippen LogP contribution in [0.3, 0.4) is 0 Å². The van der Waals surface area contributed by atoms with Crippen LogP contribution in [0.1, 0.15) is 41.8 Å². The summed E-state index contributed by atoms with van der Waals surface area (Å²) in [7, 11) is 0. The lowest BCUT2D eigenvalue weighted by Gasteiger charge is -2.27. The Morgan fingerprint density at radius 3 is 2.73 bits per heavy atom. The summed E-state index contributed by atoms with van der Waals surface area (Å²) in [6, 6.07) is 16.4. The molecule has 1 aliphatic carbocycles. The molecule has 1 saturated heterocycles. The predicted octanol–water partition coefficient (Wildman–Crippen LogP) is 2.51. The third-order valence-corrected chi connectivity index (χ3v) is 7.14. The number of rotatable bonds is 7. The van der Waals surface area contributed by atoms with Gasteiger partial charge in [0.25, 0.3) is 0 Å². The molecule has 192 valence electrons. The van der Waals surface area contributed by atoms with Crippen molar-refractivity contribution in [2.24, 2.45) is 0 Å². The van der Waals surface area contributed by atoms with E-state index in [9.17, 15) is 15.3 Å². The van der Waals surface area contributed by atoms with Gasteiger partial charge in [-0.3, -0.25) is 4.57 Å². The predicted molar refractivity (Wildman–Crippen MR) is 135 cm³/mol. The van der Waals surface area contributed by atoms with Gasteiger partial charge in [-0.1, -0.05) is 36.4 Å². The van der Waals surface area contributed by atoms with Crippen LogP contribution in [0.15, 0.2) is 61.2 Å². The van der Waals surface area contributed by atoms with E-state index < -0.39 is 31.1 Å². The lowest BCUT2D eigenvalue weighted by molar-refractivity contribution is -0.0511. The van der Waals surface area contributed by atoms with Gasteiger partial charge in [-0.2, -0.15) is 0 Å². The Hall–Kier alpha value is -3.57. The van der Waals surface area contributed by atoms with Gasteiger partial charge in [-0.15, -0.1) is 0 Å². The molecule has 1 fully saturated rings. The zero-order valence-corrected chi connectivity index (χ0v) is 20.1. The zero-order chi connectivity index (χ0) is 25.4. The molecule has 10 heteroatoms. The van der Waals surface area contributed by atoms with Gasteiger partial charge in [0.1, 0.15) is 37.0 Å². The number of fused-ring (bicyclic) bond motifs is 2. The summed E-state index contributed by atoms with van der Waals surface area (Å²) >= 11 is 0. The van der Waals surface area contributed by atoms with Crippen molar-refractivity contribution in [2.75, 3.05) is 11.9 Å². The molecule has 10 nitrogen and oxygen atoms in total. The number of benzene rings is 2. The molecule has 1 aliphatic heterocycles. The molecule has 2 aliphatic rings. The molecule has 0 saturated carbocycles. The number of imidazole rings is 1. The minimum atomic E-state index is -1.22. The monoisotopic (exact) mass is 503 g/mol. The first-order chi connectivity index (χ1) is 18.1. The standard InChI is InChI=1S/C27H29N5O5/c33-12-21-23(34)24(35)27(37-21)32-15-30-22-25(28-14-29-26(22)32)31-20-8-4-7-17-9-10-18(11-19(17)20)36-13-16-5-2-1-3-6-16/h1-3,5-6,9-11,14-15,20-21,23-24,27,33-35H,4,7-8,12-13H2,(H,28,29,31)/t20?,21-,23-,24-,27-/m1/s1. The number of aliphatic hydroxyl groups excluding tert-OH is 3. The van der Waals surface area contributed by atoms with Crippen molar-refractivity contribution in [2.45, 2.75) is 56.5 Å². The van der Waals surface area contributed by atoms with E-state index in [1.807, 2.05) is 36.4 Å². The van der Waals surface area contributed by atoms with Crippen LogP contribution in [0, 0.1) is 0 Å². The third-order valence-electron chi connectivity index (χ3n) is 7.14. The smallest absolute Gasteiger partial charge is 0.167 e. The van der Waals surface area contributed by atoms with Crippen molar-refractivity contribution in [3.8, 4) is 5.75 Å². The second kappa shape index (κ2) is 10.1. The van der Waals surface area contributed by atoms with E-state index in [-0.39, 0.29) is 6.04 Å². The highest BCUT2D eigenvalue weighted by atomic mass is 16.6. The summed E-state index contributed by atoms with van der Waals surface area (Å²) in [5.41, 5.74) is 4.56. The van der Waals surface area contributed by atoms with Crippen LogP contribution in [0.25, 0.3) is 11.2 Å². The van der Waals surface area contributed by atoms with Crippen molar-refractivity contribution < 1.29 is 24.8 Å². The number of aromatic nitrogens is 4. The second-order valence-corrected chi connectivity index (χ2v) is 9.50. The number of nitrogens with zero attached hydrogens (tertiary/aromatic N) is 4. The highest BCUT2D eigenvalue weighted by molar-refractivity contribution is 5.83. The van der Waals surface area contributed by atoms with Crippen molar-refractivity contribution in [1.29, 1.82) is 0 Å². The fourth-order valence-corrected chi connectivity index (χ4v) is 5.18. The number of hydrogen-bond donors (Lipinski definition) is 4. The first-order valence-electron chi connectivity index (χ1n) is 12.5. The zero-order valence-electron chi connectivity index (χ0n) is 20.1. The van der Waals surface area contributed by atoms with E-state index in [0.29, 0.717) is 23.6 Å². The Balaban J connectivity index is 1.25. The summed E-state index contributed by atoms with van der Waals surface area (Å²) in [6.45, 7) is 0.101. The van der Waals surface area contributed by atoms with Gasteiger partial charge in [0.2, 0.25) is 0 Å². The molecule has 0 radical (unpaired) electrons. The maximum atomic E-state index is 10.5. The molecule has 1 unspecified atom stereocenters. The van der Waals surface area contributed by atoms with Crippen LogP contribution in [0.5, 0.6) is 5.75 Å². The number of ether oxygens (including phenoxy) is 2. The molecule has 37 heavy (non-hydrogen) atoms. The summed E-state index contributed by atoms with van der Waals surface area (Å²) in [6.07, 6.45) is 1.70. The normalized spacial score (nSPS) is 25.2. The number of anilines is 1. The SMILES string of the molecule is OC[C@H]1O[C@@H](n2cnc3c(NC4CCCc5ccc(OCc6ccccc6)cc54)ncnc32)[C@H](O)[C@@H]1O. The van der Waals surface area contributed by atoms with E-state index in [4.69, 9.17) is 9.47 Å². The first kappa shape index (κ1) is 23.8. The van der Waals surface area contributed by atoms with Crippen molar-refractivity contribution in [1.82, 2.24) is 19.5 Å². The first-order valence-corrected chi connectivity index (χ1v) is 12.5. The van der Waals surface area contributed by atoms with Crippen LogP contribution in [-0.4, -0.2) is 59.8 Å². The van der Waals surface area contributed by atoms with Gasteiger partial charge in [0.05, 0.1) is 19.0 Å². The topological polar surface area (TPSA) is 135 Å². The molecule has 0 amide bonds. The van der Waals surface area contributed by atoms with Crippen molar-refractivity contribution in [3.63, 3.8) is 0 Å². The quantitative estimate of drug-likeness (QED) is 0.300. The van der Waals surface area contributed by atoms with Gasteiger partial charge in [-0.25, -0.2) is 15.0 Å². The van der Waals surface area contributed by atoms with Gasteiger partial charge in [-0.05, 0) is 48.1 Å².